The molecule has 116 valence electrons. The molecule has 0 amide bonds. The average molecular weight is 330 g/mol. The Morgan fingerprint density at radius 2 is 1.00 bits per heavy atom. The molecule has 4 unspecified atom stereocenters. The Morgan fingerprint density at radius 1 is 0.789 bits per heavy atom. The lowest BCUT2D eigenvalue weighted by molar-refractivity contribution is -0.139. The topological polar surface area (TPSA) is 49.7 Å². The molecule has 0 spiro atoms. The van der Waals surface area contributed by atoms with Gasteiger partial charge in [-0.25, -0.2) is 0 Å². The molecule has 3 nitrogen and oxygen atoms in total. The monoisotopic (exact) mass is 330 g/mol. The zero-order chi connectivity index (χ0) is 15.9. The van der Waals surface area contributed by atoms with Gasteiger partial charge in [0.05, 0.1) is 11.1 Å². The summed E-state index contributed by atoms with van der Waals surface area (Å²) in [7, 11) is -9.06. The quantitative estimate of drug-likeness (QED) is 0.615. The Kier molecular flexibility index (Phi) is 5.32. The molecule has 0 saturated carbocycles. The van der Waals surface area contributed by atoms with Gasteiger partial charge >= 0.3 is 29.5 Å². The molecular weight excluding hydrogens is 314 g/mol. The predicted molar refractivity (Wildman–Crippen MR) is 59.7 cm³/mol. The van der Waals surface area contributed by atoms with E-state index < -0.39 is 40.6 Å². The first-order valence-electron chi connectivity index (χ1n) is 5.30. The summed E-state index contributed by atoms with van der Waals surface area (Å²) in [4.78, 5) is 19.3. The van der Waals surface area contributed by atoms with Gasteiger partial charge in [0.25, 0.3) is 0 Å². The molecule has 0 aliphatic carbocycles. The lowest BCUT2D eigenvalue weighted by Crippen LogP contribution is -2.57. The summed E-state index contributed by atoms with van der Waals surface area (Å²) in [6, 6.07) is 0. The van der Waals surface area contributed by atoms with Crippen molar-refractivity contribution in [3.63, 3.8) is 0 Å². The van der Waals surface area contributed by atoms with Gasteiger partial charge in [0, 0.05) is 0 Å². The zero-order valence-corrected chi connectivity index (χ0v) is 12.7. The standard InChI is InChI=1S/C8H16F6O3Si2/c1-5(7(9,10)11)18(3,15)17-19(4,16)6(2)8(12,13)14/h5-6,15-16H,1-4H3. The Labute approximate surface area is 108 Å². The summed E-state index contributed by atoms with van der Waals surface area (Å²) in [5, 5.41) is 0. The van der Waals surface area contributed by atoms with Crippen LogP contribution in [0.1, 0.15) is 13.8 Å². The minimum atomic E-state index is -4.80. The molecule has 0 fully saturated rings. The van der Waals surface area contributed by atoms with Crippen LogP contribution in [0.25, 0.3) is 0 Å². The van der Waals surface area contributed by atoms with E-state index in [0.29, 0.717) is 13.8 Å². The van der Waals surface area contributed by atoms with Gasteiger partial charge in [-0.05, 0) is 13.1 Å². The van der Waals surface area contributed by atoms with Gasteiger partial charge in [-0.15, -0.1) is 0 Å². The smallest absolute Gasteiger partial charge is 0.393 e. The maximum absolute atomic E-state index is 12.5. The van der Waals surface area contributed by atoms with E-state index in [9.17, 15) is 35.9 Å². The van der Waals surface area contributed by atoms with Crippen molar-refractivity contribution in [1.82, 2.24) is 0 Å². The van der Waals surface area contributed by atoms with E-state index in [1.165, 1.54) is 0 Å². The molecule has 4 atom stereocenters. The lowest BCUT2D eigenvalue weighted by atomic mass is 10.5. The molecule has 0 heterocycles. The number of rotatable bonds is 4. The first kappa shape index (κ1) is 18.9. The van der Waals surface area contributed by atoms with E-state index in [1.807, 2.05) is 0 Å². The molecule has 19 heavy (non-hydrogen) atoms. The Morgan fingerprint density at radius 3 is 1.16 bits per heavy atom. The van der Waals surface area contributed by atoms with Crippen molar-refractivity contribution in [2.75, 3.05) is 0 Å². The van der Waals surface area contributed by atoms with Crippen molar-refractivity contribution in [3.8, 4) is 0 Å². The Bertz CT molecular complexity index is 285. The zero-order valence-electron chi connectivity index (χ0n) is 10.7. The normalized spacial score (nSPS) is 23.4. The molecule has 0 aromatic heterocycles. The lowest BCUT2D eigenvalue weighted by Gasteiger charge is -2.37. The molecule has 0 aromatic rings. The summed E-state index contributed by atoms with van der Waals surface area (Å²) < 4.78 is 79.3. The molecule has 11 heteroatoms. The van der Waals surface area contributed by atoms with E-state index in [0.717, 1.165) is 13.1 Å². The second-order valence-electron chi connectivity index (χ2n) is 4.74. The SMILES string of the molecule is CC(C(F)(F)F)[Si](C)(O)O[Si](C)(O)C(C)C(F)(F)F. The summed E-state index contributed by atoms with van der Waals surface area (Å²) in [6.07, 6.45) is -9.61. The molecule has 0 aliphatic heterocycles. The van der Waals surface area contributed by atoms with Crippen LogP contribution in [0.15, 0.2) is 0 Å². The van der Waals surface area contributed by atoms with Crippen molar-refractivity contribution in [2.24, 2.45) is 0 Å². The van der Waals surface area contributed by atoms with E-state index in [-0.39, 0.29) is 0 Å². The van der Waals surface area contributed by atoms with E-state index in [2.05, 4.69) is 4.12 Å². The predicted octanol–water partition coefficient (Wildman–Crippen LogP) is 3.04. The van der Waals surface area contributed by atoms with Gasteiger partial charge in [0.2, 0.25) is 0 Å². The molecule has 0 radical (unpaired) electrons. The number of alkyl halides is 6. The Hall–Kier alpha value is -0.106. The van der Waals surface area contributed by atoms with Gasteiger partial charge < -0.3 is 13.7 Å². The maximum Gasteiger partial charge on any atom is 0.393 e. The van der Waals surface area contributed by atoms with Crippen LogP contribution < -0.4 is 0 Å². The van der Waals surface area contributed by atoms with Gasteiger partial charge in [0.1, 0.15) is 0 Å². The van der Waals surface area contributed by atoms with Crippen molar-refractivity contribution < 1.29 is 40.0 Å². The summed E-state index contributed by atoms with van der Waals surface area (Å²) in [5.74, 6) is 0. The molecular formula is C8H16F6O3Si2. The third-order valence-electron chi connectivity index (χ3n) is 3.00. The number of hydrogen-bond donors (Lipinski definition) is 2. The van der Waals surface area contributed by atoms with Crippen LogP contribution in [0.3, 0.4) is 0 Å². The van der Waals surface area contributed by atoms with Crippen LogP contribution in [0.4, 0.5) is 26.3 Å². The number of halogens is 6. The third kappa shape index (κ3) is 5.06. The van der Waals surface area contributed by atoms with Gasteiger partial charge in [0.15, 0.2) is 0 Å². The molecule has 2 N–H and O–H groups in total. The third-order valence-corrected chi connectivity index (χ3v) is 10.2. The maximum atomic E-state index is 12.5. The molecule has 0 aliphatic rings. The van der Waals surface area contributed by atoms with Crippen molar-refractivity contribution in [1.29, 1.82) is 0 Å². The first-order valence-corrected chi connectivity index (χ1v) is 10.2. The van der Waals surface area contributed by atoms with Crippen LogP contribution >= 0.6 is 0 Å². The van der Waals surface area contributed by atoms with Crippen LogP contribution in [-0.2, 0) is 4.12 Å². The highest BCUT2D eigenvalue weighted by molar-refractivity contribution is 6.80. The van der Waals surface area contributed by atoms with Gasteiger partial charge in [-0.3, -0.25) is 0 Å². The second-order valence-corrected chi connectivity index (χ2v) is 11.5. The highest BCUT2D eigenvalue weighted by Crippen LogP contribution is 2.43. The van der Waals surface area contributed by atoms with Crippen LogP contribution in [0, 0.1) is 0 Å². The Balaban J connectivity index is 5.11. The highest BCUT2D eigenvalue weighted by Gasteiger charge is 2.59. The minimum Gasteiger partial charge on any atom is -0.414 e. The first-order chi connectivity index (χ1) is 8.02. The molecule has 0 rings (SSSR count). The summed E-state index contributed by atoms with van der Waals surface area (Å²) in [5.41, 5.74) is -4.61. The van der Waals surface area contributed by atoms with Gasteiger partial charge in [-0.1, -0.05) is 13.8 Å². The van der Waals surface area contributed by atoms with Crippen molar-refractivity contribution >= 4 is 17.1 Å². The fraction of sp³-hybridized carbons (Fsp3) is 1.00. The summed E-state index contributed by atoms with van der Waals surface area (Å²) in [6.45, 7) is 2.68. The fourth-order valence-corrected chi connectivity index (χ4v) is 7.18. The second kappa shape index (κ2) is 5.35. The molecule has 0 bridgehead atoms. The molecule has 0 aromatic carbocycles. The van der Waals surface area contributed by atoms with Crippen LogP contribution in [0.5, 0.6) is 0 Å². The molecule has 0 saturated heterocycles. The highest BCUT2D eigenvalue weighted by atomic mass is 28.5. The largest absolute Gasteiger partial charge is 0.414 e. The number of hydrogen-bond acceptors (Lipinski definition) is 3. The van der Waals surface area contributed by atoms with Crippen molar-refractivity contribution in [2.45, 2.75) is 50.4 Å². The van der Waals surface area contributed by atoms with Crippen LogP contribution in [0.2, 0.25) is 24.2 Å². The van der Waals surface area contributed by atoms with E-state index in [1.54, 1.807) is 0 Å². The van der Waals surface area contributed by atoms with Crippen LogP contribution in [-0.4, -0.2) is 39.1 Å². The van der Waals surface area contributed by atoms with E-state index in [4.69, 9.17) is 0 Å². The van der Waals surface area contributed by atoms with Gasteiger partial charge in [-0.2, -0.15) is 26.3 Å². The average Bonchev–Trinajstić information content (AvgIpc) is 2.10. The van der Waals surface area contributed by atoms with E-state index >= 15 is 0 Å². The van der Waals surface area contributed by atoms with Crippen molar-refractivity contribution in [3.05, 3.63) is 0 Å². The summed E-state index contributed by atoms with van der Waals surface area (Å²) >= 11 is 0. The fourth-order valence-electron chi connectivity index (χ4n) is 1.20. The minimum absolute atomic E-state index is 0.620.